The second-order valence-corrected chi connectivity index (χ2v) is 3.93. The third-order valence-electron chi connectivity index (χ3n) is 2.12. The zero-order valence-electron chi connectivity index (χ0n) is 9.51. The fourth-order valence-electron chi connectivity index (χ4n) is 1.37. The van der Waals surface area contributed by atoms with Crippen LogP contribution >= 0.6 is 0 Å². The summed E-state index contributed by atoms with van der Waals surface area (Å²) >= 11 is 0. The maximum absolute atomic E-state index is 10.6. The Morgan fingerprint density at radius 2 is 2.19 bits per heavy atom. The highest BCUT2D eigenvalue weighted by Crippen LogP contribution is 2.16. The SMILES string of the molecule is CC(N)Cc1cccc(OC(C)C(=O)O)c1. The lowest BCUT2D eigenvalue weighted by atomic mass is 10.1. The molecule has 3 N–H and O–H groups in total. The molecular formula is C12H17NO3. The van der Waals surface area contributed by atoms with Crippen LogP contribution in [0.5, 0.6) is 5.75 Å². The molecule has 0 spiro atoms. The van der Waals surface area contributed by atoms with Crippen LogP contribution in [0.4, 0.5) is 0 Å². The van der Waals surface area contributed by atoms with Crippen molar-refractivity contribution in [1.29, 1.82) is 0 Å². The van der Waals surface area contributed by atoms with E-state index in [-0.39, 0.29) is 6.04 Å². The summed E-state index contributed by atoms with van der Waals surface area (Å²) < 4.78 is 5.26. The third kappa shape index (κ3) is 3.90. The quantitative estimate of drug-likeness (QED) is 0.792. The van der Waals surface area contributed by atoms with Gasteiger partial charge in [-0.1, -0.05) is 12.1 Å². The molecule has 0 aromatic heterocycles. The van der Waals surface area contributed by atoms with E-state index >= 15 is 0 Å². The van der Waals surface area contributed by atoms with E-state index in [1.807, 2.05) is 25.1 Å². The summed E-state index contributed by atoms with van der Waals surface area (Å²) in [7, 11) is 0. The smallest absolute Gasteiger partial charge is 0.344 e. The number of carboxylic acid groups (broad SMARTS) is 1. The molecule has 0 fully saturated rings. The van der Waals surface area contributed by atoms with Gasteiger partial charge in [0.1, 0.15) is 5.75 Å². The van der Waals surface area contributed by atoms with Gasteiger partial charge in [-0.25, -0.2) is 4.79 Å². The Balaban J connectivity index is 2.70. The van der Waals surface area contributed by atoms with Gasteiger partial charge in [0.15, 0.2) is 6.10 Å². The van der Waals surface area contributed by atoms with Crippen LogP contribution in [0.1, 0.15) is 19.4 Å². The molecule has 16 heavy (non-hydrogen) atoms. The zero-order valence-corrected chi connectivity index (χ0v) is 9.51. The van der Waals surface area contributed by atoms with Crippen LogP contribution in [-0.2, 0) is 11.2 Å². The normalized spacial score (nSPS) is 14.2. The molecule has 0 aliphatic carbocycles. The molecule has 1 rings (SSSR count). The molecular weight excluding hydrogens is 206 g/mol. The van der Waals surface area contributed by atoms with Gasteiger partial charge in [-0.3, -0.25) is 0 Å². The fraction of sp³-hybridized carbons (Fsp3) is 0.417. The molecule has 0 aliphatic heterocycles. The van der Waals surface area contributed by atoms with Crippen LogP contribution in [0.15, 0.2) is 24.3 Å². The van der Waals surface area contributed by atoms with Gasteiger partial charge in [0.05, 0.1) is 0 Å². The first-order valence-corrected chi connectivity index (χ1v) is 5.23. The number of nitrogens with two attached hydrogens (primary N) is 1. The lowest BCUT2D eigenvalue weighted by Crippen LogP contribution is -2.23. The highest BCUT2D eigenvalue weighted by atomic mass is 16.5. The summed E-state index contributed by atoms with van der Waals surface area (Å²) in [5.74, 6) is -0.411. The van der Waals surface area contributed by atoms with Crippen molar-refractivity contribution in [2.75, 3.05) is 0 Å². The molecule has 1 aromatic carbocycles. The maximum Gasteiger partial charge on any atom is 0.344 e. The Hall–Kier alpha value is -1.55. The van der Waals surface area contributed by atoms with E-state index in [0.29, 0.717) is 5.75 Å². The molecule has 4 heteroatoms. The lowest BCUT2D eigenvalue weighted by molar-refractivity contribution is -0.144. The van der Waals surface area contributed by atoms with Crippen molar-refractivity contribution >= 4 is 5.97 Å². The number of rotatable bonds is 5. The minimum Gasteiger partial charge on any atom is -0.479 e. The number of aliphatic carboxylic acids is 1. The molecule has 0 bridgehead atoms. The Bertz CT molecular complexity index is 363. The van der Waals surface area contributed by atoms with Crippen molar-refractivity contribution in [3.05, 3.63) is 29.8 Å². The van der Waals surface area contributed by atoms with Crippen LogP contribution in [0.25, 0.3) is 0 Å². The van der Waals surface area contributed by atoms with Gasteiger partial charge in [0.25, 0.3) is 0 Å². The van der Waals surface area contributed by atoms with Crippen LogP contribution in [0, 0.1) is 0 Å². The molecule has 88 valence electrons. The van der Waals surface area contributed by atoms with Crippen molar-refractivity contribution in [3.8, 4) is 5.75 Å². The van der Waals surface area contributed by atoms with Crippen molar-refractivity contribution < 1.29 is 14.6 Å². The van der Waals surface area contributed by atoms with Gasteiger partial charge in [-0.15, -0.1) is 0 Å². The van der Waals surface area contributed by atoms with Crippen LogP contribution < -0.4 is 10.5 Å². The van der Waals surface area contributed by atoms with Gasteiger partial charge in [0, 0.05) is 6.04 Å². The van der Waals surface area contributed by atoms with E-state index < -0.39 is 12.1 Å². The van der Waals surface area contributed by atoms with Crippen LogP contribution in [0.2, 0.25) is 0 Å². The van der Waals surface area contributed by atoms with E-state index in [1.54, 1.807) is 6.07 Å². The number of carboxylic acids is 1. The first-order valence-electron chi connectivity index (χ1n) is 5.23. The van der Waals surface area contributed by atoms with E-state index in [4.69, 9.17) is 15.6 Å². The van der Waals surface area contributed by atoms with Gasteiger partial charge in [-0.05, 0) is 38.0 Å². The van der Waals surface area contributed by atoms with E-state index in [1.165, 1.54) is 6.92 Å². The van der Waals surface area contributed by atoms with Crippen molar-refractivity contribution in [2.24, 2.45) is 5.73 Å². The topological polar surface area (TPSA) is 72.5 Å². The van der Waals surface area contributed by atoms with Gasteiger partial charge >= 0.3 is 5.97 Å². The molecule has 0 radical (unpaired) electrons. The predicted octanol–water partition coefficient (Wildman–Crippen LogP) is 1.43. The van der Waals surface area contributed by atoms with Crippen molar-refractivity contribution in [3.63, 3.8) is 0 Å². The highest BCUT2D eigenvalue weighted by Gasteiger charge is 2.12. The first-order chi connectivity index (χ1) is 7.49. The van der Waals surface area contributed by atoms with Crippen LogP contribution in [-0.4, -0.2) is 23.2 Å². The van der Waals surface area contributed by atoms with Gasteiger partial charge in [-0.2, -0.15) is 0 Å². The summed E-state index contributed by atoms with van der Waals surface area (Å²) in [6.45, 7) is 3.42. The third-order valence-corrected chi connectivity index (χ3v) is 2.12. The Labute approximate surface area is 95.0 Å². The van der Waals surface area contributed by atoms with E-state index in [2.05, 4.69) is 0 Å². The molecule has 0 aliphatic rings. The summed E-state index contributed by atoms with van der Waals surface area (Å²) in [5, 5.41) is 8.71. The standard InChI is InChI=1S/C12H17NO3/c1-8(13)6-10-4-3-5-11(7-10)16-9(2)12(14)15/h3-5,7-9H,6,13H2,1-2H3,(H,14,15). The van der Waals surface area contributed by atoms with Crippen LogP contribution in [0.3, 0.4) is 0 Å². The zero-order chi connectivity index (χ0) is 12.1. The van der Waals surface area contributed by atoms with Gasteiger partial charge < -0.3 is 15.6 Å². The van der Waals surface area contributed by atoms with E-state index in [0.717, 1.165) is 12.0 Å². The van der Waals surface area contributed by atoms with Crippen molar-refractivity contribution in [1.82, 2.24) is 0 Å². The molecule has 1 aromatic rings. The second kappa shape index (κ2) is 5.51. The van der Waals surface area contributed by atoms with Gasteiger partial charge in [0.2, 0.25) is 0 Å². The number of benzene rings is 1. The average molecular weight is 223 g/mol. The predicted molar refractivity (Wildman–Crippen MR) is 61.5 cm³/mol. The largest absolute Gasteiger partial charge is 0.479 e. The summed E-state index contributed by atoms with van der Waals surface area (Å²) in [6.07, 6.45) is -0.0934. The Morgan fingerprint density at radius 1 is 1.50 bits per heavy atom. The molecule has 0 amide bonds. The number of ether oxygens (including phenoxy) is 1. The van der Waals surface area contributed by atoms with E-state index in [9.17, 15) is 4.79 Å². The molecule has 0 heterocycles. The molecule has 2 unspecified atom stereocenters. The van der Waals surface area contributed by atoms with Crippen molar-refractivity contribution in [2.45, 2.75) is 32.4 Å². The monoisotopic (exact) mass is 223 g/mol. The summed E-state index contributed by atoms with van der Waals surface area (Å²) in [4.78, 5) is 10.6. The molecule has 4 nitrogen and oxygen atoms in total. The number of carbonyl (C=O) groups is 1. The Morgan fingerprint density at radius 3 is 2.75 bits per heavy atom. The molecule has 0 saturated heterocycles. The molecule has 2 atom stereocenters. The lowest BCUT2D eigenvalue weighted by Gasteiger charge is -2.12. The summed E-state index contributed by atoms with van der Waals surface area (Å²) in [5.41, 5.74) is 6.74. The Kier molecular flexibility index (Phi) is 4.31. The highest BCUT2D eigenvalue weighted by molar-refractivity contribution is 5.72. The number of hydrogen-bond donors (Lipinski definition) is 2. The summed E-state index contributed by atoms with van der Waals surface area (Å²) in [6, 6.07) is 7.42. The average Bonchev–Trinajstić information content (AvgIpc) is 2.16. The second-order valence-electron chi connectivity index (χ2n) is 3.93. The number of hydrogen-bond acceptors (Lipinski definition) is 3. The molecule has 0 saturated carbocycles. The minimum atomic E-state index is -0.974. The fourth-order valence-corrected chi connectivity index (χ4v) is 1.37. The maximum atomic E-state index is 10.6. The first kappa shape index (κ1) is 12.5. The minimum absolute atomic E-state index is 0.0761.